The minimum Gasteiger partial charge on any atom is -0.288 e. The monoisotopic (exact) mass is 342 g/mol. The van der Waals surface area contributed by atoms with Crippen LogP contribution in [0.3, 0.4) is 0 Å². The Balaban J connectivity index is 1.43. The van der Waals surface area contributed by atoms with Crippen molar-refractivity contribution in [3.8, 4) is 0 Å². The molecule has 2 fully saturated rings. The van der Waals surface area contributed by atoms with Gasteiger partial charge in [-0.2, -0.15) is 5.10 Å². The average molecular weight is 342 g/mol. The van der Waals surface area contributed by atoms with Crippen LogP contribution in [0.5, 0.6) is 0 Å². The summed E-state index contributed by atoms with van der Waals surface area (Å²) in [6.45, 7) is 4.17. The smallest absolute Gasteiger partial charge is 0.278 e. The molecule has 1 amide bonds. The third kappa shape index (κ3) is 3.45. The van der Waals surface area contributed by atoms with Gasteiger partial charge in [0.1, 0.15) is 6.33 Å². The lowest BCUT2D eigenvalue weighted by atomic mass is 9.96. The van der Waals surface area contributed by atoms with Crippen LogP contribution in [0.25, 0.3) is 0 Å². The van der Waals surface area contributed by atoms with Crippen molar-refractivity contribution < 1.29 is 4.79 Å². The van der Waals surface area contributed by atoms with Crippen LogP contribution in [-0.2, 0) is 0 Å². The molecule has 7 heteroatoms. The van der Waals surface area contributed by atoms with Gasteiger partial charge in [0.2, 0.25) is 5.95 Å². The van der Waals surface area contributed by atoms with Crippen LogP contribution in [0.1, 0.15) is 80.1 Å². The number of anilines is 1. The molecule has 2 aromatic rings. The second-order valence-electron chi connectivity index (χ2n) is 7.49. The number of nitrogens with zero attached hydrogens (tertiary/aromatic N) is 5. The molecule has 2 aromatic heterocycles. The lowest BCUT2D eigenvalue weighted by Crippen LogP contribution is -2.17. The van der Waals surface area contributed by atoms with Crippen LogP contribution >= 0.6 is 0 Å². The van der Waals surface area contributed by atoms with Gasteiger partial charge in [0.25, 0.3) is 5.91 Å². The molecular weight excluding hydrogens is 316 g/mol. The summed E-state index contributed by atoms with van der Waals surface area (Å²) in [5, 5.41) is 11.7. The van der Waals surface area contributed by atoms with Crippen molar-refractivity contribution in [1.29, 1.82) is 0 Å². The van der Waals surface area contributed by atoms with Gasteiger partial charge in [-0.15, -0.1) is 5.10 Å². The highest BCUT2D eigenvalue weighted by Crippen LogP contribution is 2.39. The van der Waals surface area contributed by atoms with Crippen molar-refractivity contribution in [2.75, 3.05) is 5.32 Å². The summed E-state index contributed by atoms with van der Waals surface area (Å²) in [5.41, 5.74) is 1.45. The molecule has 2 aliphatic rings. The average Bonchev–Trinajstić information content (AvgIpc) is 3.25. The van der Waals surface area contributed by atoms with Crippen molar-refractivity contribution in [2.24, 2.45) is 5.92 Å². The van der Waals surface area contributed by atoms with E-state index in [-0.39, 0.29) is 5.91 Å². The fourth-order valence-corrected chi connectivity index (χ4v) is 3.81. The van der Waals surface area contributed by atoms with E-state index >= 15 is 0 Å². The molecule has 7 nitrogen and oxygen atoms in total. The number of hydrogen-bond donors (Lipinski definition) is 1. The van der Waals surface area contributed by atoms with Crippen LogP contribution in [-0.4, -0.2) is 30.5 Å². The van der Waals surface area contributed by atoms with Gasteiger partial charge in [0.05, 0.1) is 12.1 Å². The van der Waals surface area contributed by atoms with Crippen LogP contribution in [0, 0.1) is 12.8 Å². The van der Waals surface area contributed by atoms with Gasteiger partial charge < -0.3 is 0 Å². The standard InChI is InChI=1S/C18H26N6O/c1-12-10-16(21-24(12)13(2)14-8-9-14)17(25)20-18-19-11-23(22-18)15-6-4-3-5-7-15/h10-11,13-15H,3-9H2,1-2H3,(H,20,22,25). The Labute approximate surface area is 147 Å². The van der Waals surface area contributed by atoms with Crippen molar-refractivity contribution in [1.82, 2.24) is 24.5 Å². The maximum atomic E-state index is 12.5. The van der Waals surface area contributed by atoms with E-state index in [1.165, 1.54) is 32.1 Å². The van der Waals surface area contributed by atoms with E-state index in [4.69, 9.17) is 0 Å². The molecule has 1 atom stereocenters. The van der Waals surface area contributed by atoms with Gasteiger partial charge in [-0.25, -0.2) is 9.67 Å². The Bertz CT molecular complexity index is 753. The highest BCUT2D eigenvalue weighted by molar-refractivity contribution is 6.01. The summed E-state index contributed by atoms with van der Waals surface area (Å²) in [5.74, 6) is 0.812. The summed E-state index contributed by atoms with van der Waals surface area (Å²) in [6, 6.07) is 2.60. The zero-order valence-corrected chi connectivity index (χ0v) is 15.0. The third-order valence-electron chi connectivity index (χ3n) is 5.53. The molecular formula is C18H26N6O. The molecule has 134 valence electrons. The molecule has 0 bridgehead atoms. The molecule has 4 rings (SSSR count). The first-order valence-electron chi connectivity index (χ1n) is 9.40. The van der Waals surface area contributed by atoms with Gasteiger partial charge in [-0.05, 0) is 51.5 Å². The second-order valence-corrected chi connectivity index (χ2v) is 7.49. The van der Waals surface area contributed by atoms with Gasteiger partial charge in [0, 0.05) is 5.69 Å². The molecule has 2 aliphatic carbocycles. The van der Waals surface area contributed by atoms with Gasteiger partial charge >= 0.3 is 0 Å². The predicted molar refractivity (Wildman–Crippen MR) is 94.5 cm³/mol. The molecule has 0 spiro atoms. The molecule has 1 unspecified atom stereocenters. The lowest BCUT2D eigenvalue weighted by Gasteiger charge is -2.20. The maximum absolute atomic E-state index is 12.5. The molecule has 0 radical (unpaired) electrons. The third-order valence-corrected chi connectivity index (χ3v) is 5.53. The molecule has 2 heterocycles. The number of aryl methyl sites for hydroxylation is 1. The number of rotatable bonds is 5. The van der Waals surface area contributed by atoms with Gasteiger partial charge in [-0.3, -0.25) is 14.8 Å². The number of aromatic nitrogens is 5. The van der Waals surface area contributed by atoms with Gasteiger partial charge in [0.15, 0.2) is 5.69 Å². The van der Waals surface area contributed by atoms with Crippen molar-refractivity contribution >= 4 is 11.9 Å². The Morgan fingerprint density at radius 2 is 1.96 bits per heavy atom. The minimum atomic E-state index is -0.244. The topological polar surface area (TPSA) is 77.6 Å². The van der Waals surface area contributed by atoms with Crippen molar-refractivity contribution in [3.05, 3.63) is 23.8 Å². The first-order valence-corrected chi connectivity index (χ1v) is 9.40. The fourth-order valence-electron chi connectivity index (χ4n) is 3.81. The molecule has 2 saturated carbocycles. The number of amides is 1. The Hall–Kier alpha value is -2.18. The number of carbonyl (C=O) groups excluding carboxylic acids is 1. The van der Waals surface area contributed by atoms with Gasteiger partial charge in [-0.1, -0.05) is 19.3 Å². The maximum Gasteiger partial charge on any atom is 0.278 e. The summed E-state index contributed by atoms with van der Waals surface area (Å²) < 4.78 is 3.87. The van der Waals surface area contributed by atoms with E-state index in [9.17, 15) is 4.79 Å². The molecule has 25 heavy (non-hydrogen) atoms. The van der Waals surface area contributed by atoms with E-state index in [1.807, 2.05) is 22.4 Å². The predicted octanol–water partition coefficient (Wildman–Crippen LogP) is 3.51. The fraction of sp³-hybridized carbons (Fsp3) is 0.667. The van der Waals surface area contributed by atoms with E-state index in [1.54, 1.807) is 6.33 Å². The summed E-state index contributed by atoms with van der Waals surface area (Å²) in [7, 11) is 0. The lowest BCUT2D eigenvalue weighted by molar-refractivity contribution is 0.102. The number of nitrogens with one attached hydrogen (secondary N) is 1. The van der Waals surface area contributed by atoms with Crippen molar-refractivity contribution in [2.45, 2.75) is 70.9 Å². The Morgan fingerprint density at radius 3 is 2.68 bits per heavy atom. The zero-order chi connectivity index (χ0) is 17.4. The molecule has 1 N–H and O–H groups in total. The summed E-state index contributed by atoms with van der Waals surface area (Å²) in [4.78, 5) is 16.7. The van der Waals surface area contributed by atoms with Crippen molar-refractivity contribution in [3.63, 3.8) is 0 Å². The molecule has 0 saturated heterocycles. The zero-order valence-electron chi connectivity index (χ0n) is 15.0. The van der Waals surface area contributed by atoms with Crippen LogP contribution in [0.15, 0.2) is 12.4 Å². The normalized spacial score (nSPS) is 19.8. The first kappa shape index (κ1) is 16.3. The highest BCUT2D eigenvalue weighted by atomic mass is 16.2. The second kappa shape index (κ2) is 6.61. The van der Waals surface area contributed by atoms with E-state index in [0.29, 0.717) is 29.6 Å². The van der Waals surface area contributed by atoms with Crippen LogP contribution < -0.4 is 5.32 Å². The number of carbonyl (C=O) groups is 1. The van der Waals surface area contributed by atoms with E-state index in [2.05, 4.69) is 27.4 Å². The Morgan fingerprint density at radius 1 is 1.20 bits per heavy atom. The quantitative estimate of drug-likeness (QED) is 0.902. The highest BCUT2D eigenvalue weighted by Gasteiger charge is 2.31. The summed E-state index contributed by atoms with van der Waals surface area (Å²) >= 11 is 0. The largest absolute Gasteiger partial charge is 0.288 e. The first-order chi connectivity index (χ1) is 12.1. The molecule has 0 aromatic carbocycles. The molecule has 0 aliphatic heterocycles. The van der Waals surface area contributed by atoms with E-state index < -0.39 is 0 Å². The SMILES string of the molecule is Cc1cc(C(=O)Nc2ncn(C3CCCCC3)n2)nn1C(C)C1CC1. The van der Waals surface area contributed by atoms with Crippen LogP contribution in [0.2, 0.25) is 0 Å². The number of hydrogen-bond acceptors (Lipinski definition) is 4. The van der Waals surface area contributed by atoms with E-state index in [0.717, 1.165) is 18.5 Å². The Kier molecular flexibility index (Phi) is 4.31. The van der Waals surface area contributed by atoms with Crippen LogP contribution in [0.4, 0.5) is 5.95 Å². The minimum absolute atomic E-state index is 0.244. The summed E-state index contributed by atoms with van der Waals surface area (Å²) in [6.07, 6.45) is 10.3.